The third kappa shape index (κ3) is 4.42. The van der Waals surface area contributed by atoms with Gasteiger partial charge in [-0.25, -0.2) is 0 Å². The van der Waals surface area contributed by atoms with Crippen molar-refractivity contribution >= 4 is 28.5 Å². The highest BCUT2D eigenvalue weighted by Gasteiger charge is 2.20. The lowest BCUT2D eigenvalue weighted by Crippen LogP contribution is -2.30. The first-order valence-electron chi connectivity index (χ1n) is 9.44. The minimum atomic E-state index is -0.891. The number of hydrogen-bond donors (Lipinski definition) is 1. The van der Waals surface area contributed by atoms with Gasteiger partial charge in [0.2, 0.25) is 0 Å². The van der Waals surface area contributed by atoms with E-state index in [0.717, 1.165) is 34.1 Å². The largest absolute Gasteiger partial charge is 0.464 e. The molecule has 0 aliphatic heterocycles. The average molecular weight is 379 g/mol. The van der Waals surface area contributed by atoms with Crippen molar-refractivity contribution in [1.29, 1.82) is 0 Å². The lowest BCUT2D eigenvalue weighted by atomic mass is 10.1. The van der Waals surface area contributed by atoms with E-state index in [2.05, 4.69) is 12.2 Å². The van der Waals surface area contributed by atoms with E-state index in [1.54, 1.807) is 13.2 Å². The van der Waals surface area contributed by atoms with Gasteiger partial charge in [-0.3, -0.25) is 9.59 Å². The molecule has 5 nitrogen and oxygen atoms in total. The number of benzene rings is 2. The molecule has 1 amide bonds. The Morgan fingerprint density at radius 3 is 2.64 bits per heavy atom. The minimum Gasteiger partial charge on any atom is -0.464 e. The highest BCUT2D eigenvalue weighted by atomic mass is 16.5. The van der Waals surface area contributed by atoms with Gasteiger partial charge in [-0.1, -0.05) is 36.8 Å². The third-order valence-electron chi connectivity index (χ3n) is 4.78. The Morgan fingerprint density at radius 2 is 1.93 bits per heavy atom. The fourth-order valence-electron chi connectivity index (χ4n) is 3.12. The fourth-order valence-corrected chi connectivity index (χ4v) is 3.12. The lowest BCUT2D eigenvalue weighted by molar-refractivity contribution is -0.152. The Kier molecular flexibility index (Phi) is 5.83. The molecule has 5 heteroatoms. The van der Waals surface area contributed by atoms with Crippen LogP contribution in [0.2, 0.25) is 0 Å². The Balaban J connectivity index is 1.61. The van der Waals surface area contributed by atoms with Crippen molar-refractivity contribution in [3.63, 3.8) is 0 Å². The second-order valence-corrected chi connectivity index (χ2v) is 7.06. The van der Waals surface area contributed by atoms with E-state index < -0.39 is 12.1 Å². The number of carbonyl (C=O) groups is 2. The molecule has 1 atom stereocenters. The number of aryl methyl sites for hydroxylation is 3. The Labute approximate surface area is 164 Å². The normalized spacial score (nSPS) is 12.0. The van der Waals surface area contributed by atoms with Gasteiger partial charge in [-0.05, 0) is 50.5 Å². The van der Waals surface area contributed by atoms with Crippen molar-refractivity contribution in [2.45, 2.75) is 46.6 Å². The molecule has 0 aliphatic rings. The maximum absolute atomic E-state index is 12.4. The number of fused-ring (bicyclic) bond motifs is 1. The highest BCUT2D eigenvalue weighted by molar-refractivity contribution is 5.96. The lowest BCUT2D eigenvalue weighted by Gasteiger charge is -2.15. The average Bonchev–Trinajstić information content (AvgIpc) is 3.05. The van der Waals surface area contributed by atoms with Crippen molar-refractivity contribution in [3.8, 4) is 0 Å². The SMILES string of the molecule is CCc1ccc2c(CC(=O)O[C@H](C)C(=O)Nc3ccc(C)cc3C)coc2c1. The van der Waals surface area contributed by atoms with Crippen LogP contribution in [0.4, 0.5) is 5.69 Å². The monoisotopic (exact) mass is 379 g/mol. The van der Waals surface area contributed by atoms with Crippen LogP contribution in [0.25, 0.3) is 11.0 Å². The van der Waals surface area contributed by atoms with Gasteiger partial charge in [0, 0.05) is 16.6 Å². The standard InChI is InChI=1S/C23H25NO4/c1-5-17-7-8-19-18(13-27-21(19)11-17)12-22(25)28-16(4)23(26)24-20-9-6-14(2)10-15(20)3/h6-11,13,16H,5,12H2,1-4H3,(H,24,26)/t16-/m1/s1. The highest BCUT2D eigenvalue weighted by Crippen LogP contribution is 2.23. The van der Waals surface area contributed by atoms with Crippen LogP contribution in [-0.2, 0) is 27.2 Å². The first-order valence-corrected chi connectivity index (χ1v) is 9.44. The van der Waals surface area contributed by atoms with Crippen LogP contribution in [0, 0.1) is 13.8 Å². The van der Waals surface area contributed by atoms with Gasteiger partial charge < -0.3 is 14.5 Å². The molecule has 0 radical (unpaired) electrons. The van der Waals surface area contributed by atoms with E-state index in [1.807, 2.05) is 50.2 Å². The molecule has 0 bridgehead atoms. The zero-order valence-electron chi connectivity index (χ0n) is 16.7. The molecule has 0 saturated heterocycles. The van der Waals surface area contributed by atoms with Crippen molar-refractivity contribution in [1.82, 2.24) is 0 Å². The number of furan rings is 1. The predicted molar refractivity (Wildman–Crippen MR) is 109 cm³/mol. The fraction of sp³-hybridized carbons (Fsp3) is 0.304. The number of nitrogens with one attached hydrogen (secondary N) is 1. The van der Waals surface area contributed by atoms with Crippen molar-refractivity contribution in [2.24, 2.45) is 0 Å². The maximum atomic E-state index is 12.4. The molecule has 0 unspecified atom stereocenters. The number of amides is 1. The second-order valence-electron chi connectivity index (χ2n) is 7.06. The molecule has 146 valence electrons. The molecule has 3 rings (SSSR count). The molecule has 0 saturated carbocycles. The topological polar surface area (TPSA) is 68.5 Å². The minimum absolute atomic E-state index is 0.0552. The molecule has 2 aromatic carbocycles. The molecule has 0 spiro atoms. The molecular formula is C23H25NO4. The van der Waals surface area contributed by atoms with Gasteiger partial charge in [-0.15, -0.1) is 0 Å². The molecular weight excluding hydrogens is 354 g/mol. The molecule has 0 fully saturated rings. The van der Waals surface area contributed by atoms with Crippen LogP contribution >= 0.6 is 0 Å². The van der Waals surface area contributed by atoms with Gasteiger partial charge in [0.15, 0.2) is 6.10 Å². The zero-order chi connectivity index (χ0) is 20.3. The third-order valence-corrected chi connectivity index (χ3v) is 4.78. The molecule has 0 aliphatic carbocycles. The summed E-state index contributed by atoms with van der Waals surface area (Å²) in [5, 5.41) is 3.70. The summed E-state index contributed by atoms with van der Waals surface area (Å²) in [4.78, 5) is 24.7. The summed E-state index contributed by atoms with van der Waals surface area (Å²) in [7, 11) is 0. The molecule has 1 aromatic heterocycles. The van der Waals surface area contributed by atoms with Gasteiger partial charge in [0.05, 0.1) is 12.7 Å². The Hall–Kier alpha value is -3.08. The number of hydrogen-bond acceptors (Lipinski definition) is 4. The zero-order valence-corrected chi connectivity index (χ0v) is 16.7. The molecule has 1 heterocycles. The molecule has 1 N–H and O–H groups in total. The van der Waals surface area contributed by atoms with Crippen LogP contribution in [0.3, 0.4) is 0 Å². The maximum Gasteiger partial charge on any atom is 0.311 e. The van der Waals surface area contributed by atoms with E-state index in [0.29, 0.717) is 5.69 Å². The van der Waals surface area contributed by atoms with Gasteiger partial charge >= 0.3 is 5.97 Å². The summed E-state index contributed by atoms with van der Waals surface area (Å²) in [6.45, 7) is 7.56. The van der Waals surface area contributed by atoms with E-state index >= 15 is 0 Å². The van der Waals surface area contributed by atoms with Crippen molar-refractivity contribution < 1.29 is 18.7 Å². The van der Waals surface area contributed by atoms with E-state index in [4.69, 9.17) is 9.15 Å². The predicted octanol–water partition coefficient (Wildman–Crippen LogP) is 4.72. The molecule has 28 heavy (non-hydrogen) atoms. The number of esters is 1. The van der Waals surface area contributed by atoms with E-state index in [9.17, 15) is 9.59 Å². The van der Waals surface area contributed by atoms with Crippen molar-refractivity contribution in [2.75, 3.05) is 5.32 Å². The summed E-state index contributed by atoms with van der Waals surface area (Å²) >= 11 is 0. The summed E-state index contributed by atoms with van der Waals surface area (Å²) in [5.41, 5.74) is 5.47. The Morgan fingerprint density at radius 1 is 1.14 bits per heavy atom. The van der Waals surface area contributed by atoms with Gasteiger partial charge in [0.25, 0.3) is 5.91 Å². The van der Waals surface area contributed by atoms with E-state index in [-0.39, 0.29) is 12.3 Å². The quantitative estimate of drug-likeness (QED) is 0.629. The van der Waals surface area contributed by atoms with Crippen LogP contribution in [-0.4, -0.2) is 18.0 Å². The first kappa shape index (κ1) is 19.7. The summed E-state index contributed by atoms with van der Waals surface area (Å²) in [5.74, 6) is -0.824. The van der Waals surface area contributed by atoms with Crippen LogP contribution < -0.4 is 5.32 Å². The van der Waals surface area contributed by atoms with E-state index in [1.165, 1.54) is 5.56 Å². The second kappa shape index (κ2) is 8.30. The summed E-state index contributed by atoms with van der Waals surface area (Å²) < 4.78 is 10.9. The summed E-state index contributed by atoms with van der Waals surface area (Å²) in [6.07, 6.45) is 1.66. The van der Waals surface area contributed by atoms with Crippen LogP contribution in [0.5, 0.6) is 0 Å². The first-order chi connectivity index (χ1) is 13.4. The Bertz CT molecular complexity index is 1020. The number of rotatable bonds is 6. The smallest absolute Gasteiger partial charge is 0.311 e. The number of anilines is 1. The van der Waals surface area contributed by atoms with Crippen molar-refractivity contribution in [3.05, 3.63) is 64.9 Å². The van der Waals surface area contributed by atoms with Crippen LogP contribution in [0.1, 0.15) is 36.1 Å². The summed E-state index contributed by atoms with van der Waals surface area (Å²) in [6, 6.07) is 11.7. The number of carbonyl (C=O) groups excluding carboxylic acids is 2. The molecule has 3 aromatic rings. The number of ether oxygens (including phenoxy) is 1. The van der Waals surface area contributed by atoms with Crippen LogP contribution in [0.15, 0.2) is 47.1 Å². The van der Waals surface area contributed by atoms with Gasteiger partial charge in [-0.2, -0.15) is 0 Å². The van der Waals surface area contributed by atoms with Gasteiger partial charge in [0.1, 0.15) is 5.58 Å².